The summed E-state index contributed by atoms with van der Waals surface area (Å²) in [5.74, 6) is 5.02. The monoisotopic (exact) mass is 626 g/mol. The first-order valence-electron chi connectivity index (χ1n) is 18.5. The number of rotatable bonds is 6. The van der Waals surface area contributed by atoms with Crippen molar-refractivity contribution in [3.05, 3.63) is 29.9 Å². The van der Waals surface area contributed by atoms with Crippen LogP contribution in [0, 0.1) is 34.0 Å². The van der Waals surface area contributed by atoms with Crippen LogP contribution < -0.4 is 14.7 Å². The van der Waals surface area contributed by atoms with Crippen molar-refractivity contribution in [3.8, 4) is 0 Å². The van der Waals surface area contributed by atoms with Gasteiger partial charge < -0.3 is 14.7 Å². The SMILES string of the molecule is C[C@]12CC=C3[C@@H](CC[C@@]4(C)CC(=O)C=C[C@]34C)[C@@H]1CC[C@@H]2C(=O)CN1CCN(c2cc(N3CCCC3)nc(N3CCCC3)n2)CC1. The van der Waals surface area contributed by atoms with E-state index in [1.807, 2.05) is 6.08 Å². The zero-order valence-corrected chi connectivity index (χ0v) is 28.5. The second-order valence-corrected chi connectivity index (χ2v) is 16.5. The standard InChI is InChI=1S/C38H54N6O2/c1-36-13-11-28-29-8-9-31(37(29,2)14-12-30(28)38(36,3)15-10-27(45)25-36)32(46)26-41-20-22-43(23-21-41)34-24-33(42-16-4-5-17-42)39-35(40-34)44-18-6-7-19-44/h10,12,15,24,28-29,31H,4-9,11,13-14,16-23,25-26H2,1-3H3/t28-,29-,31+,36-,37-,38+/m0/s1. The van der Waals surface area contributed by atoms with Crippen LogP contribution in [0.4, 0.5) is 17.6 Å². The minimum atomic E-state index is -0.0406. The molecule has 46 heavy (non-hydrogen) atoms. The molecular formula is C38H54N6O2. The van der Waals surface area contributed by atoms with Crippen LogP contribution >= 0.6 is 0 Å². The molecule has 8 heteroatoms. The lowest BCUT2D eigenvalue weighted by atomic mass is 9.45. The number of carbonyl (C=O) groups is 2. The van der Waals surface area contributed by atoms with E-state index in [1.165, 1.54) is 25.7 Å². The van der Waals surface area contributed by atoms with Crippen molar-refractivity contribution < 1.29 is 9.59 Å². The van der Waals surface area contributed by atoms with Crippen LogP contribution in [0.25, 0.3) is 0 Å². The molecule has 0 amide bonds. The van der Waals surface area contributed by atoms with E-state index in [0.717, 1.165) is 102 Å². The summed E-state index contributed by atoms with van der Waals surface area (Å²) in [6.07, 6.45) is 17.6. The van der Waals surface area contributed by atoms with Crippen LogP contribution in [0.1, 0.15) is 85.0 Å². The second kappa shape index (κ2) is 11.5. The van der Waals surface area contributed by atoms with Gasteiger partial charge in [-0.25, -0.2) is 0 Å². The van der Waals surface area contributed by atoms with Gasteiger partial charge in [-0.05, 0) is 86.5 Å². The Morgan fingerprint density at radius 3 is 2.20 bits per heavy atom. The summed E-state index contributed by atoms with van der Waals surface area (Å²) in [7, 11) is 0. The molecule has 5 fully saturated rings. The normalized spacial score (nSPS) is 37.7. The van der Waals surface area contributed by atoms with Gasteiger partial charge in [0.2, 0.25) is 5.95 Å². The number of allylic oxidation sites excluding steroid dienone is 4. The van der Waals surface area contributed by atoms with Gasteiger partial charge in [-0.15, -0.1) is 0 Å². The number of ketones is 2. The number of hydrogen-bond donors (Lipinski definition) is 0. The average molecular weight is 627 g/mol. The third-order valence-electron chi connectivity index (χ3n) is 14.1. The molecule has 4 heterocycles. The summed E-state index contributed by atoms with van der Waals surface area (Å²) in [5, 5.41) is 0. The number of fused-ring (bicyclic) bond motifs is 5. The maximum Gasteiger partial charge on any atom is 0.229 e. The number of piperazine rings is 1. The fraction of sp³-hybridized carbons (Fsp3) is 0.737. The molecule has 1 aromatic rings. The van der Waals surface area contributed by atoms with E-state index in [1.54, 1.807) is 5.57 Å². The molecule has 4 aliphatic carbocycles. The summed E-state index contributed by atoms with van der Waals surface area (Å²) in [6.45, 7) is 15.6. The Labute approximate surface area is 275 Å². The zero-order valence-electron chi connectivity index (χ0n) is 28.5. The molecule has 8 nitrogen and oxygen atoms in total. The molecule has 2 saturated carbocycles. The van der Waals surface area contributed by atoms with Gasteiger partial charge >= 0.3 is 0 Å². The van der Waals surface area contributed by atoms with Gasteiger partial charge in [0.25, 0.3) is 0 Å². The molecule has 3 saturated heterocycles. The number of anilines is 3. The Balaban J connectivity index is 0.934. The number of nitrogens with zero attached hydrogens (tertiary/aromatic N) is 6. The largest absolute Gasteiger partial charge is 0.356 e. The molecule has 6 atom stereocenters. The molecule has 0 aromatic carbocycles. The van der Waals surface area contributed by atoms with Crippen LogP contribution in [-0.4, -0.2) is 85.3 Å². The van der Waals surface area contributed by atoms with E-state index in [9.17, 15) is 9.59 Å². The first-order valence-corrected chi connectivity index (χ1v) is 18.5. The van der Waals surface area contributed by atoms with Crippen LogP contribution in [0.15, 0.2) is 29.9 Å². The quantitative estimate of drug-likeness (QED) is 0.374. The molecule has 0 unspecified atom stereocenters. The van der Waals surface area contributed by atoms with Gasteiger partial charge in [-0.3, -0.25) is 14.5 Å². The Morgan fingerprint density at radius 2 is 1.50 bits per heavy atom. The van der Waals surface area contributed by atoms with E-state index in [2.05, 4.69) is 58.6 Å². The van der Waals surface area contributed by atoms with Crippen LogP contribution in [0.5, 0.6) is 0 Å². The van der Waals surface area contributed by atoms with Crippen molar-refractivity contribution in [2.75, 3.05) is 73.6 Å². The van der Waals surface area contributed by atoms with Crippen LogP contribution in [0.3, 0.4) is 0 Å². The first kappa shape index (κ1) is 30.6. The van der Waals surface area contributed by atoms with Gasteiger partial charge in [0.15, 0.2) is 5.78 Å². The lowest BCUT2D eigenvalue weighted by Crippen LogP contribution is -2.52. The van der Waals surface area contributed by atoms with Crippen molar-refractivity contribution in [2.24, 2.45) is 34.0 Å². The molecule has 8 rings (SSSR count). The maximum absolute atomic E-state index is 14.1. The van der Waals surface area contributed by atoms with Gasteiger partial charge in [-0.2, -0.15) is 9.97 Å². The van der Waals surface area contributed by atoms with Gasteiger partial charge in [0.1, 0.15) is 17.4 Å². The number of Topliss-reactive ketones (excluding diaryl/α,β-unsaturated/α-hetero) is 1. The summed E-state index contributed by atoms with van der Waals surface area (Å²) in [6, 6.07) is 2.21. The van der Waals surface area contributed by atoms with Crippen molar-refractivity contribution in [2.45, 2.75) is 85.0 Å². The second-order valence-electron chi connectivity index (χ2n) is 16.5. The molecule has 7 aliphatic rings. The van der Waals surface area contributed by atoms with E-state index < -0.39 is 0 Å². The Morgan fingerprint density at radius 1 is 0.848 bits per heavy atom. The van der Waals surface area contributed by atoms with Gasteiger partial charge in [0, 0.05) is 76.2 Å². The number of hydrogen-bond acceptors (Lipinski definition) is 8. The van der Waals surface area contributed by atoms with Crippen molar-refractivity contribution >= 4 is 29.2 Å². The van der Waals surface area contributed by atoms with E-state index in [-0.39, 0.29) is 27.9 Å². The number of carbonyl (C=O) groups excluding carboxylic acids is 2. The summed E-state index contributed by atoms with van der Waals surface area (Å²) >= 11 is 0. The smallest absolute Gasteiger partial charge is 0.229 e. The molecule has 0 N–H and O–H groups in total. The summed E-state index contributed by atoms with van der Waals surface area (Å²) in [5.41, 5.74) is 1.59. The van der Waals surface area contributed by atoms with Crippen molar-refractivity contribution in [1.29, 1.82) is 0 Å². The highest BCUT2D eigenvalue weighted by atomic mass is 16.1. The molecule has 248 valence electrons. The van der Waals surface area contributed by atoms with E-state index in [0.29, 0.717) is 30.6 Å². The highest BCUT2D eigenvalue weighted by Gasteiger charge is 2.60. The summed E-state index contributed by atoms with van der Waals surface area (Å²) < 4.78 is 0. The highest BCUT2D eigenvalue weighted by Crippen LogP contribution is 2.67. The average Bonchev–Trinajstić information content (AvgIpc) is 3.84. The highest BCUT2D eigenvalue weighted by molar-refractivity contribution is 5.92. The topological polar surface area (TPSA) is 72.9 Å². The van der Waals surface area contributed by atoms with Crippen molar-refractivity contribution in [1.82, 2.24) is 14.9 Å². The van der Waals surface area contributed by atoms with Crippen molar-refractivity contribution in [3.63, 3.8) is 0 Å². The third-order valence-corrected chi connectivity index (χ3v) is 14.1. The Kier molecular flexibility index (Phi) is 7.61. The van der Waals surface area contributed by atoms with E-state index in [4.69, 9.17) is 9.97 Å². The number of aromatic nitrogens is 2. The summed E-state index contributed by atoms with van der Waals surface area (Å²) in [4.78, 5) is 46.2. The minimum absolute atomic E-state index is 0.0160. The Bertz CT molecular complexity index is 1400. The van der Waals surface area contributed by atoms with Gasteiger partial charge in [0.05, 0.1) is 6.54 Å². The Hall–Kier alpha value is -2.74. The fourth-order valence-electron chi connectivity index (χ4n) is 11.0. The van der Waals surface area contributed by atoms with Gasteiger partial charge in [-0.1, -0.05) is 38.5 Å². The maximum atomic E-state index is 14.1. The molecular weight excluding hydrogens is 572 g/mol. The van der Waals surface area contributed by atoms with Crippen LogP contribution in [0.2, 0.25) is 0 Å². The lowest BCUT2D eigenvalue weighted by molar-refractivity contribution is -0.128. The molecule has 0 radical (unpaired) electrons. The lowest BCUT2D eigenvalue weighted by Gasteiger charge is -2.58. The molecule has 1 aromatic heterocycles. The predicted octanol–water partition coefficient (Wildman–Crippen LogP) is 5.68. The third kappa shape index (κ3) is 4.95. The molecule has 0 spiro atoms. The van der Waals surface area contributed by atoms with Crippen LogP contribution in [-0.2, 0) is 9.59 Å². The molecule has 3 aliphatic heterocycles. The minimum Gasteiger partial charge on any atom is -0.356 e. The van der Waals surface area contributed by atoms with E-state index >= 15 is 0 Å². The fourth-order valence-corrected chi connectivity index (χ4v) is 11.0. The zero-order chi connectivity index (χ0) is 31.7. The first-order chi connectivity index (χ1) is 22.2. The predicted molar refractivity (Wildman–Crippen MR) is 183 cm³/mol. The molecule has 0 bridgehead atoms.